The van der Waals surface area contributed by atoms with Gasteiger partial charge in [-0.15, -0.1) is 11.3 Å². The minimum absolute atomic E-state index is 0.0544. The molecule has 8 heteroatoms. The number of hydrogen-bond acceptors (Lipinski definition) is 6. The van der Waals surface area contributed by atoms with Crippen LogP contribution in [0.5, 0.6) is 0 Å². The van der Waals surface area contributed by atoms with Gasteiger partial charge in [-0.25, -0.2) is 0 Å². The zero-order chi connectivity index (χ0) is 24.6. The number of carbonyl (C=O) groups is 1. The van der Waals surface area contributed by atoms with Gasteiger partial charge in [-0.3, -0.25) is 14.9 Å². The van der Waals surface area contributed by atoms with Crippen molar-refractivity contribution < 1.29 is 9.72 Å². The highest BCUT2D eigenvalue weighted by molar-refractivity contribution is 7.16. The Morgan fingerprint density at radius 2 is 1.97 bits per heavy atom. The van der Waals surface area contributed by atoms with Crippen LogP contribution < -0.4 is 10.2 Å². The van der Waals surface area contributed by atoms with Crippen molar-refractivity contribution in [3.63, 3.8) is 0 Å². The molecule has 2 heterocycles. The van der Waals surface area contributed by atoms with Crippen LogP contribution in [0.1, 0.15) is 73.3 Å². The zero-order valence-corrected chi connectivity index (χ0v) is 21.1. The number of nitrogens with zero attached hydrogens (tertiary/aromatic N) is 3. The highest BCUT2D eigenvalue weighted by atomic mass is 32.1. The number of amides is 1. The number of nitro benzene ring substituents is 1. The molecule has 2 aliphatic rings. The summed E-state index contributed by atoms with van der Waals surface area (Å²) in [5.41, 5.74) is 2.50. The fourth-order valence-corrected chi connectivity index (χ4v) is 6.31. The van der Waals surface area contributed by atoms with Crippen molar-refractivity contribution in [1.29, 1.82) is 5.26 Å². The Labute approximate surface area is 204 Å². The lowest BCUT2D eigenvalue weighted by atomic mass is 9.72. The van der Waals surface area contributed by atoms with E-state index < -0.39 is 10.8 Å². The SMILES string of the molecule is CC1CCN(c2ccc(C(=O)Nc3sc4c(c3C#N)CC[C@@H](C(C)(C)C)C4)cc2[N+](=O)[O-])CC1. The number of benzene rings is 1. The van der Waals surface area contributed by atoms with E-state index in [9.17, 15) is 20.2 Å². The largest absolute Gasteiger partial charge is 0.366 e. The van der Waals surface area contributed by atoms with Crippen LogP contribution >= 0.6 is 11.3 Å². The van der Waals surface area contributed by atoms with Gasteiger partial charge in [0.25, 0.3) is 11.6 Å². The maximum atomic E-state index is 13.1. The fourth-order valence-electron chi connectivity index (χ4n) is 5.03. The maximum Gasteiger partial charge on any atom is 0.293 e. The molecule has 0 saturated carbocycles. The second kappa shape index (κ2) is 9.38. The Kier molecular flexibility index (Phi) is 6.68. The van der Waals surface area contributed by atoms with Gasteiger partial charge in [-0.05, 0) is 67.1 Å². The smallest absolute Gasteiger partial charge is 0.293 e. The second-order valence-corrected chi connectivity index (χ2v) is 11.8. The van der Waals surface area contributed by atoms with Crippen LogP contribution in [0.25, 0.3) is 0 Å². The molecule has 1 amide bonds. The van der Waals surface area contributed by atoms with E-state index in [2.05, 4.69) is 39.1 Å². The zero-order valence-electron chi connectivity index (χ0n) is 20.3. The lowest BCUT2D eigenvalue weighted by molar-refractivity contribution is -0.384. The molecule has 34 heavy (non-hydrogen) atoms. The normalized spacial score (nSPS) is 18.8. The van der Waals surface area contributed by atoms with Gasteiger partial charge in [-0.1, -0.05) is 27.7 Å². The topological polar surface area (TPSA) is 99.3 Å². The molecule has 0 spiro atoms. The van der Waals surface area contributed by atoms with Crippen LogP contribution in [0.2, 0.25) is 0 Å². The van der Waals surface area contributed by atoms with Crippen LogP contribution in [0.15, 0.2) is 18.2 Å². The van der Waals surface area contributed by atoms with Gasteiger partial charge < -0.3 is 10.2 Å². The molecule has 1 aromatic carbocycles. The summed E-state index contributed by atoms with van der Waals surface area (Å²) in [5, 5.41) is 25.0. The predicted octanol–water partition coefficient (Wildman–Crippen LogP) is 6.17. The van der Waals surface area contributed by atoms with Gasteiger partial charge >= 0.3 is 0 Å². The molecule has 1 aliphatic carbocycles. The number of hydrogen-bond donors (Lipinski definition) is 1. The highest BCUT2D eigenvalue weighted by Gasteiger charge is 2.33. The predicted molar refractivity (Wildman–Crippen MR) is 136 cm³/mol. The molecule has 0 bridgehead atoms. The molecule has 1 fully saturated rings. The molecule has 0 radical (unpaired) electrons. The third-order valence-electron chi connectivity index (χ3n) is 7.39. The van der Waals surface area contributed by atoms with Gasteiger partial charge in [0, 0.05) is 29.6 Å². The Balaban J connectivity index is 1.58. The summed E-state index contributed by atoms with van der Waals surface area (Å²) in [6, 6.07) is 6.97. The summed E-state index contributed by atoms with van der Waals surface area (Å²) < 4.78 is 0. The number of nitro groups is 1. The van der Waals surface area contributed by atoms with Crippen LogP contribution in [0.3, 0.4) is 0 Å². The molecular formula is C26H32N4O3S. The van der Waals surface area contributed by atoms with E-state index in [4.69, 9.17) is 0 Å². The van der Waals surface area contributed by atoms with Gasteiger partial charge in [0.2, 0.25) is 0 Å². The van der Waals surface area contributed by atoms with Crippen molar-refractivity contribution in [2.45, 2.75) is 59.8 Å². The lowest BCUT2D eigenvalue weighted by Crippen LogP contribution is -2.33. The van der Waals surface area contributed by atoms with Crippen LogP contribution in [-0.2, 0) is 12.8 Å². The monoisotopic (exact) mass is 480 g/mol. The van der Waals surface area contributed by atoms with E-state index in [0.29, 0.717) is 28.1 Å². The minimum Gasteiger partial charge on any atom is -0.366 e. The van der Waals surface area contributed by atoms with Gasteiger partial charge in [0.15, 0.2) is 0 Å². The maximum absolute atomic E-state index is 13.1. The van der Waals surface area contributed by atoms with Crippen molar-refractivity contribution in [1.82, 2.24) is 0 Å². The van der Waals surface area contributed by atoms with Crippen LogP contribution in [0.4, 0.5) is 16.4 Å². The second-order valence-electron chi connectivity index (χ2n) is 10.7. The van der Waals surface area contributed by atoms with E-state index >= 15 is 0 Å². The number of nitriles is 1. The first-order valence-electron chi connectivity index (χ1n) is 12.0. The van der Waals surface area contributed by atoms with Gasteiger partial charge in [0.05, 0.1) is 10.5 Å². The number of thiophene rings is 1. The van der Waals surface area contributed by atoms with Crippen molar-refractivity contribution in [3.8, 4) is 6.07 Å². The molecule has 4 rings (SSSR count). The molecular weight excluding hydrogens is 448 g/mol. The summed E-state index contributed by atoms with van der Waals surface area (Å²) in [4.78, 5) is 27.7. The van der Waals surface area contributed by atoms with Crippen molar-refractivity contribution >= 4 is 33.6 Å². The number of piperidine rings is 1. The van der Waals surface area contributed by atoms with Gasteiger partial charge in [-0.2, -0.15) is 5.26 Å². The van der Waals surface area contributed by atoms with Crippen molar-refractivity contribution in [3.05, 3.63) is 49.9 Å². The average molecular weight is 481 g/mol. The van der Waals surface area contributed by atoms with Crippen LogP contribution in [0, 0.1) is 38.7 Å². The summed E-state index contributed by atoms with van der Waals surface area (Å²) in [6.07, 6.45) is 4.76. The minimum atomic E-state index is -0.426. The average Bonchev–Trinajstić information content (AvgIpc) is 3.14. The molecule has 7 nitrogen and oxygen atoms in total. The molecule has 1 aromatic heterocycles. The number of rotatable bonds is 4. The molecule has 1 saturated heterocycles. The molecule has 1 aliphatic heterocycles. The summed E-state index contributed by atoms with van der Waals surface area (Å²) in [7, 11) is 0. The number of carbonyl (C=O) groups excluding carboxylic acids is 1. The standard InChI is InChI=1S/C26H32N4O3S/c1-16-9-11-29(12-10-16)21-8-5-17(13-22(21)30(32)33)24(31)28-25-20(15-27)19-7-6-18(26(2,3)4)14-23(19)34-25/h5,8,13,16,18H,6-7,9-12,14H2,1-4H3,(H,28,31)/t18-/m1/s1. The first kappa shape index (κ1) is 24.2. The van der Waals surface area contributed by atoms with E-state index in [-0.39, 0.29) is 16.7 Å². The Morgan fingerprint density at radius 3 is 2.59 bits per heavy atom. The molecule has 180 valence electrons. The Morgan fingerprint density at radius 1 is 1.26 bits per heavy atom. The molecule has 1 N–H and O–H groups in total. The molecule has 2 aromatic rings. The van der Waals surface area contributed by atoms with E-state index in [1.807, 2.05) is 4.90 Å². The highest BCUT2D eigenvalue weighted by Crippen LogP contribution is 2.44. The van der Waals surface area contributed by atoms with E-state index in [0.717, 1.165) is 50.8 Å². The van der Waals surface area contributed by atoms with Crippen molar-refractivity contribution in [2.24, 2.45) is 17.3 Å². The lowest BCUT2D eigenvalue weighted by Gasteiger charge is -2.33. The van der Waals surface area contributed by atoms with E-state index in [1.54, 1.807) is 12.1 Å². The summed E-state index contributed by atoms with van der Waals surface area (Å²) in [6.45, 7) is 10.5. The van der Waals surface area contributed by atoms with Crippen LogP contribution in [-0.4, -0.2) is 23.9 Å². The first-order valence-corrected chi connectivity index (χ1v) is 12.8. The number of anilines is 2. The fraction of sp³-hybridized carbons (Fsp3) is 0.538. The third kappa shape index (κ3) is 4.80. The Bertz CT molecular complexity index is 1150. The Hall–Kier alpha value is -2.92. The number of nitrogens with one attached hydrogen (secondary N) is 1. The molecule has 0 unspecified atom stereocenters. The number of fused-ring (bicyclic) bond motifs is 1. The quantitative estimate of drug-likeness (QED) is 0.417. The first-order chi connectivity index (χ1) is 16.1. The van der Waals surface area contributed by atoms with Gasteiger partial charge in [0.1, 0.15) is 16.8 Å². The third-order valence-corrected chi connectivity index (χ3v) is 8.56. The summed E-state index contributed by atoms with van der Waals surface area (Å²) >= 11 is 1.47. The summed E-state index contributed by atoms with van der Waals surface area (Å²) in [5.74, 6) is 0.719. The molecule has 1 atom stereocenters. The van der Waals surface area contributed by atoms with Crippen molar-refractivity contribution in [2.75, 3.05) is 23.3 Å². The van der Waals surface area contributed by atoms with E-state index in [1.165, 1.54) is 22.3 Å².